The molecule has 1 fully saturated rings. The lowest BCUT2D eigenvalue weighted by molar-refractivity contribution is -0.118. The van der Waals surface area contributed by atoms with Gasteiger partial charge in [0.2, 0.25) is 5.91 Å². The number of carbonyl (C=O) groups excluding carboxylic acids is 1. The van der Waals surface area contributed by atoms with Gasteiger partial charge in [0.1, 0.15) is 16.6 Å². The summed E-state index contributed by atoms with van der Waals surface area (Å²) < 4.78 is 5.40. The van der Waals surface area contributed by atoms with E-state index in [0.717, 1.165) is 39.9 Å². The Labute approximate surface area is 201 Å². The highest BCUT2D eigenvalue weighted by molar-refractivity contribution is 6.32. The Kier molecular flexibility index (Phi) is 4.57. The van der Waals surface area contributed by atoms with E-state index in [0.29, 0.717) is 22.5 Å². The molecule has 1 aliphatic carbocycles. The zero-order chi connectivity index (χ0) is 23.6. The third-order valence-electron chi connectivity index (χ3n) is 6.83. The summed E-state index contributed by atoms with van der Waals surface area (Å²) in [6.07, 6.45) is 2.36. The number of fused-ring (bicyclic) bond motifs is 3. The number of aromatic amines is 1. The fourth-order valence-corrected chi connectivity index (χ4v) is 5.04. The normalized spacial score (nSPS) is 20.6. The highest BCUT2D eigenvalue weighted by atomic mass is 35.5. The molecule has 1 spiro atoms. The van der Waals surface area contributed by atoms with E-state index in [1.165, 1.54) is 0 Å². The lowest BCUT2D eigenvalue weighted by atomic mass is 9.91. The summed E-state index contributed by atoms with van der Waals surface area (Å²) in [6.45, 7) is 4.06. The van der Waals surface area contributed by atoms with Crippen molar-refractivity contribution in [2.75, 3.05) is 17.7 Å². The fraction of sp³-hybridized carbons (Fsp3) is 0.280. The molecule has 2 aromatic heterocycles. The number of methoxy groups -OCH3 is 1. The van der Waals surface area contributed by atoms with Crippen molar-refractivity contribution in [1.29, 1.82) is 0 Å². The smallest absolute Gasteiger partial charge is 0.235 e. The Hall–Kier alpha value is -3.65. The van der Waals surface area contributed by atoms with Crippen LogP contribution in [0.15, 0.2) is 42.6 Å². The third kappa shape index (κ3) is 3.05. The van der Waals surface area contributed by atoms with Crippen LogP contribution in [-0.2, 0) is 10.2 Å². The summed E-state index contributed by atoms with van der Waals surface area (Å²) in [5.41, 5.74) is 3.30. The molecule has 8 nitrogen and oxygen atoms in total. The van der Waals surface area contributed by atoms with Crippen molar-refractivity contribution in [1.82, 2.24) is 20.2 Å². The first-order valence-electron chi connectivity index (χ1n) is 11.2. The predicted octanol–water partition coefficient (Wildman–Crippen LogP) is 5.26. The van der Waals surface area contributed by atoms with Gasteiger partial charge in [0.15, 0.2) is 11.6 Å². The highest BCUT2D eigenvalue weighted by Gasteiger charge is 2.65. The van der Waals surface area contributed by atoms with Gasteiger partial charge in [-0.2, -0.15) is 5.10 Å². The monoisotopic (exact) mass is 474 g/mol. The molecule has 3 heterocycles. The Morgan fingerprint density at radius 2 is 2.06 bits per heavy atom. The Balaban J connectivity index is 1.31. The second-order valence-electron chi connectivity index (χ2n) is 9.18. The molecular weight excluding hydrogens is 452 g/mol. The highest BCUT2D eigenvalue weighted by Crippen LogP contribution is 2.65. The van der Waals surface area contributed by atoms with E-state index in [4.69, 9.17) is 16.3 Å². The number of rotatable bonds is 5. The van der Waals surface area contributed by atoms with Crippen LogP contribution in [0.1, 0.15) is 49.1 Å². The standard InChI is InChI=1S/C25H23ClN6O2/c1-12(2)21-27-11-18(26)23(29-21)30-22-15-6-4-13(8-20(15)31-32-22)17-10-25(17)16-9-14(34-3)5-7-19(16)28-24(25)33/h4-9,11-12,17H,10H2,1-3H3,(H,28,33)(H2,27,29,30,31,32)/t17-,25-/m0/s1. The van der Waals surface area contributed by atoms with E-state index < -0.39 is 5.41 Å². The number of H-pyrrole nitrogens is 1. The largest absolute Gasteiger partial charge is 0.497 e. The zero-order valence-electron chi connectivity index (χ0n) is 18.9. The summed E-state index contributed by atoms with van der Waals surface area (Å²) in [4.78, 5) is 21.8. The van der Waals surface area contributed by atoms with E-state index in [9.17, 15) is 4.79 Å². The van der Waals surface area contributed by atoms with Crippen LogP contribution in [0.5, 0.6) is 5.75 Å². The van der Waals surface area contributed by atoms with E-state index >= 15 is 0 Å². The minimum Gasteiger partial charge on any atom is -0.497 e. The number of halogens is 1. The summed E-state index contributed by atoms with van der Waals surface area (Å²) in [6, 6.07) is 11.9. The number of carbonyl (C=O) groups is 1. The van der Waals surface area contributed by atoms with Crippen molar-refractivity contribution in [3.63, 3.8) is 0 Å². The second-order valence-corrected chi connectivity index (χ2v) is 9.58. The summed E-state index contributed by atoms with van der Waals surface area (Å²) in [5.74, 6) is 2.94. The van der Waals surface area contributed by atoms with Gasteiger partial charge < -0.3 is 15.4 Å². The minimum atomic E-state index is -0.541. The Morgan fingerprint density at radius 3 is 2.85 bits per heavy atom. The molecule has 0 saturated heterocycles. The maximum absolute atomic E-state index is 13.0. The number of nitrogens with one attached hydrogen (secondary N) is 3. The number of ether oxygens (including phenoxy) is 1. The summed E-state index contributed by atoms with van der Waals surface area (Å²) in [5, 5.41) is 15.1. The van der Waals surface area contributed by atoms with Gasteiger partial charge in [0.05, 0.1) is 24.2 Å². The molecule has 34 heavy (non-hydrogen) atoms. The topological polar surface area (TPSA) is 105 Å². The van der Waals surface area contributed by atoms with Crippen LogP contribution < -0.4 is 15.4 Å². The van der Waals surface area contributed by atoms with Crippen LogP contribution in [0.3, 0.4) is 0 Å². The van der Waals surface area contributed by atoms with Gasteiger partial charge in [0.25, 0.3) is 0 Å². The van der Waals surface area contributed by atoms with Crippen LogP contribution in [0.4, 0.5) is 17.3 Å². The number of benzene rings is 2. The number of nitrogens with zero attached hydrogens (tertiary/aromatic N) is 3. The van der Waals surface area contributed by atoms with Crippen molar-refractivity contribution >= 4 is 45.7 Å². The van der Waals surface area contributed by atoms with Crippen molar-refractivity contribution in [3.8, 4) is 5.75 Å². The second kappa shape index (κ2) is 7.43. The lowest BCUT2D eigenvalue weighted by Crippen LogP contribution is -2.21. The number of hydrogen-bond acceptors (Lipinski definition) is 6. The molecule has 172 valence electrons. The van der Waals surface area contributed by atoms with Gasteiger partial charge in [-0.05, 0) is 47.9 Å². The Bertz CT molecular complexity index is 1470. The molecule has 0 unspecified atom stereocenters. The maximum Gasteiger partial charge on any atom is 0.235 e. The molecule has 6 rings (SSSR count). The van der Waals surface area contributed by atoms with Crippen LogP contribution in [0.25, 0.3) is 10.9 Å². The van der Waals surface area contributed by atoms with Gasteiger partial charge in [-0.15, -0.1) is 0 Å². The number of hydrogen-bond donors (Lipinski definition) is 3. The van der Waals surface area contributed by atoms with E-state index in [2.05, 4.69) is 42.9 Å². The van der Waals surface area contributed by atoms with Crippen LogP contribution in [-0.4, -0.2) is 33.2 Å². The van der Waals surface area contributed by atoms with Gasteiger partial charge in [-0.1, -0.05) is 31.5 Å². The first-order valence-corrected chi connectivity index (χ1v) is 11.6. The molecule has 1 amide bonds. The third-order valence-corrected chi connectivity index (χ3v) is 7.10. The van der Waals surface area contributed by atoms with Crippen LogP contribution in [0.2, 0.25) is 5.02 Å². The Morgan fingerprint density at radius 1 is 1.21 bits per heavy atom. The van der Waals surface area contributed by atoms with Crippen molar-refractivity contribution in [2.24, 2.45) is 0 Å². The SMILES string of the molecule is COc1ccc2c(c1)[C@]1(C[C@H]1c1ccc3c(Nc4nc(C(C)C)ncc4Cl)n[nH]c3c1)C(=O)N2. The molecule has 4 aromatic rings. The van der Waals surface area contributed by atoms with Crippen molar-refractivity contribution in [2.45, 2.75) is 37.5 Å². The minimum absolute atomic E-state index is 0.0483. The fourth-order valence-electron chi connectivity index (χ4n) is 4.91. The molecule has 0 radical (unpaired) electrons. The zero-order valence-corrected chi connectivity index (χ0v) is 19.7. The van der Waals surface area contributed by atoms with Crippen LogP contribution in [0, 0.1) is 0 Å². The molecule has 0 bridgehead atoms. The molecular formula is C25H23ClN6O2. The summed E-state index contributed by atoms with van der Waals surface area (Å²) >= 11 is 6.32. The molecule has 1 aliphatic heterocycles. The van der Waals surface area contributed by atoms with Crippen molar-refractivity contribution < 1.29 is 9.53 Å². The van der Waals surface area contributed by atoms with E-state index in [-0.39, 0.29) is 17.7 Å². The molecule has 3 N–H and O–H groups in total. The van der Waals surface area contributed by atoms with Crippen LogP contribution >= 0.6 is 11.6 Å². The molecule has 2 atom stereocenters. The quantitative estimate of drug-likeness (QED) is 0.364. The number of anilines is 3. The first kappa shape index (κ1) is 20.9. The first-order chi connectivity index (χ1) is 16.4. The van der Waals surface area contributed by atoms with E-state index in [1.807, 2.05) is 38.1 Å². The molecule has 2 aromatic carbocycles. The predicted molar refractivity (Wildman–Crippen MR) is 131 cm³/mol. The van der Waals surface area contributed by atoms with E-state index in [1.54, 1.807) is 13.3 Å². The molecule has 1 saturated carbocycles. The molecule has 2 aliphatic rings. The lowest BCUT2D eigenvalue weighted by Gasteiger charge is -2.11. The number of amides is 1. The molecule has 9 heteroatoms. The van der Waals surface area contributed by atoms with Gasteiger partial charge in [-0.3, -0.25) is 9.89 Å². The number of aromatic nitrogens is 4. The average Bonchev–Trinajstić information content (AvgIpc) is 3.38. The maximum atomic E-state index is 13.0. The van der Waals surface area contributed by atoms with Gasteiger partial charge in [0, 0.05) is 22.9 Å². The average molecular weight is 475 g/mol. The van der Waals surface area contributed by atoms with Crippen molar-refractivity contribution in [3.05, 3.63) is 64.6 Å². The van der Waals surface area contributed by atoms with Gasteiger partial charge >= 0.3 is 0 Å². The van der Waals surface area contributed by atoms with Gasteiger partial charge in [-0.25, -0.2) is 9.97 Å². The summed E-state index contributed by atoms with van der Waals surface area (Å²) in [7, 11) is 1.64.